The summed E-state index contributed by atoms with van der Waals surface area (Å²) in [7, 11) is 0. The number of fused-ring (bicyclic) bond motifs is 2. The number of anilines is 1. The fraction of sp³-hybridized carbons (Fsp3) is 0.281. The SMILES string of the molecule is CC(C)CCOc1cccc([C@@H]2/C(=C(\O)c3ccc4c(c3)C[C@@H](C)O4)C(=O)C(=O)N2c2nc3ccc(Cl)cc3s2)c1. The summed E-state index contributed by atoms with van der Waals surface area (Å²) in [6.45, 7) is 6.77. The Hall–Kier alpha value is -3.88. The number of ketones is 1. The highest BCUT2D eigenvalue weighted by atomic mass is 35.5. The summed E-state index contributed by atoms with van der Waals surface area (Å²) < 4.78 is 12.6. The van der Waals surface area contributed by atoms with Crippen LogP contribution in [0, 0.1) is 5.92 Å². The molecule has 210 valence electrons. The second-order valence-corrected chi connectivity index (χ2v) is 12.3. The van der Waals surface area contributed by atoms with E-state index >= 15 is 0 Å². The maximum absolute atomic E-state index is 13.7. The summed E-state index contributed by atoms with van der Waals surface area (Å²) in [5, 5.41) is 12.5. The van der Waals surface area contributed by atoms with E-state index < -0.39 is 17.7 Å². The van der Waals surface area contributed by atoms with Crippen LogP contribution in [0.5, 0.6) is 11.5 Å². The smallest absolute Gasteiger partial charge is 0.301 e. The zero-order valence-electron chi connectivity index (χ0n) is 22.9. The molecule has 1 saturated heterocycles. The average Bonchev–Trinajstić information content (AvgIpc) is 3.60. The van der Waals surface area contributed by atoms with Crippen molar-refractivity contribution in [3.05, 3.63) is 87.9 Å². The number of halogens is 1. The molecule has 7 nitrogen and oxygen atoms in total. The van der Waals surface area contributed by atoms with Crippen molar-refractivity contribution in [3.63, 3.8) is 0 Å². The average molecular weight is 589 g/mol. The van der Waals surface area contributed by atoms with Crippen LogP contribution in [0.2, 0.25) is 5.02 Å². The summed E-state index contributed by atoms with van der Waals surface area (Å²) >= 11 is 7.47. The predicted octanol–water partition coefficient (Wildman–Crippen LogP) is 7.32. The first kappa shape index (κ1) is 27.3. The van der Waals surface area contributed by atoms with E-state index in [1.54, 1.807) is 30.3 Å². The third kappa shape index (κ3) is 5.18. The van der Waals surface area contributed by atoms with Crippen molar-refractivity contribution in [2.45, 2.75) is 45.8 Å². The molecule has 0 bridgehead atoms. The highest BCUT2D eigenvalue weighted by Gasteiger charge is 2.48. The third-order valence-electron chi connectivity index (χ3n) is 7.30. The van der Waals surface area contributed by atoms with Gasteiger partial charge in [0, 0.05) is 17.0 Å². The second kappa shape index (κ2) is 10.8. The van der Waals surface area contributed by atoms with E-state index in [1.807, 2.05) is 37.3 Å². The van der Waals surface area contributed by atoms with Crippen molar-refractivity contribution in [2.75, 3.05) is 11.5 Å². The molecule has 0 unspecified atom stereocenters. The minimum atomic E-state index is -0.914. The van der Waals surface area contributed by atoms with Gasteiger partial charge in [-0.25, -0.2) is 4.98 Å². The molecule has 9 heteroatoms. The molecule has 1 aromatic heterocycles. The van der Waals surface area contributed by atoms with Crippen LogP contribution in [0.3, 0.4) is 0 Å². The van der Waals surface area contributed by atoms with Crippen molar-refractivity contribution in [1.82, 2.24) is 4.98 Å². The maximum Gasteiger partial charge on any atom is 0.301 e. The fourth-order valence-electron chi connectivity index (χ4n) is 5.25. The van der Waals surface area contributed by atoms with Crippen LogP contribution in [-0.2, 0) is 16.0 Å². The van der Waals surface area contributed by atoms with Crippen molar-refractivity contribution < 1.29 is 24.2 Å². The lowest BCUT2D eigenvalue weighted by atomic mass is 9.94. The standard InChI is InChI=1S/C32H29ClN2O5S/c1-17(2)11-12-39-23-6-4-5-19(15-23)28-27(29(36)20-7-10-25-21(14-20)13-18(3)40-25)30(37)31(38)35(28)32-34-24-9-8-22(33)16-26(24)41-32/h4-10,14-18,28,36H,11-13H2,1-3H3/b29-27+/t18-,28-/m1/s1. The minimum absolute atomic E-state index is 0.00136. The molecule has 3 aromatic carbocycles. The number of hydrogen-bond donors (Lipinski definition) is 1. The number of aliphatic hydroxyl groups is 1. The van der Waals surface area contributed by atoms with E-state index in [0.717, 1.165) is 22.4 Å². The van der Waals surface area contributed by atoms with Crippen molar-refractivity contribution in [1.29, 1.82) is 0 Å². The molecular weight excluding hydrogens is 560 g/mol. The zero-order chi connectivity index (χ0) is 28.8. The van der Waals surface area contributed by atoms with E-state index in [0.29, 0.717) is 51.5 Å². The Bertz CT molecular complexity index is 1710. The summed E-state index contributed by atoms with van der Waals surface area (Å²) in [6, 6.07) is 17.0. The number of aliphatic hydroxyl groups excluding tert-OH is 1. The molecule has 1 amide bonds. The molecule has 6 rings (SSSR count). The van der Waals surface area contributed by atoms with E-state index in [9.17, 15) is 14.7 Å². The highest BCUT2D eigenvalue weighted by molar-refractivity contribution is 7.22. The van der Waals surface area contributed by atoms with Gasteiger partial charge in [0.25, 0.3) is 5.78 Å². The van der Waals surface area contributed by atoms with E-state index in [4.69, 9.17) is 21.1 Å². The Balaban J connectivity index is 1.48. The third-order valence-corrected chi connectivity index (χ3v) is 8.55. The van der Waals surface area contributed by atoms with Crippen LogP contribution in [0.4, 0.5) is 5.13 Å². The molecule has 0 aliphatic carbocycles. The number of carbonyl (C=O) groups excluding carboxylic acids is 2. The van der Waals surface area contributed by atoms with Crippen molar-refractivity contribution >= 4 is 55.7 Å². The number of rotatable bonds is 7. The zero-order valence-corrected chi connectivity index (χ0v) is 24.5. The monoisotopic (exact) mass is 588 g/mol. The Morgan fingerprint density at radius 3 is 2.80 bits per heavy atom. The first-order chi connectivity index (χ1) is 19.7. The second-order valence-electron chi connectivity index (χ2n) is 10.8. The predicted molar refractivity (Wildman–Crippen MR) is 161 cm³/mol. The molecule has 41 heavy (non-hydrogen) atoms. The Morgan fingerprint density at radius 2 is 2.00 bits per heavy atom. The Labute approximate surface area is 247 Å². The summed E-state index contributed by atoms with van der Waals surface area (Å²) in [5.74, 6) is 0.0814. The molecule has 1 fully saturated rings. The Morgan fingerprint density at radius 1 is 1.17 bits per heavy atom. The summed E-state index contributed by atoms with van der Waals surface area (Å²) in [5.41, 5.74) is 2.68. The summed E-state index contributed by atoms with van der Waals surface area (Å²) in [6.07, 6.45) is 1.61. The number of nitrogens with zero attached hydrogens (tertiary/aromatic N) is 2. The van der Waals surface area contributed by atoms with Gasteiger partial charge in [0.1, 0.15) is 23.4 Å². The van der Waals surface area contributed by atoms with Gasteiger partial charge >= 0.3 is 5.91 Å². The molecule has 2 atom stereocenters. The van der Waals surface area contributed by atoms with Gasteiger partial charge in [-0.1, -0.05) is 48.9 Å². The van der Waals surface area contributed by atoms with Crippen LogP contribution in [0.25, 0.3) is 16.0 Å². The first-order valence-corrected chi connectivity index (χ1v) is 14.8. The van der Waals surface area contributed by atoms with Gasteiger partial charge in [-0.15, -0.1) is 0 Å². The van der Waals surface area contributed by atoms with Crippen LogP contribution in [0.15, 0.2) is 66.2 Å². The van der Waals surface area contributed by atoms with Crippen LogP contribution in [-0.4, -0.2) is 34.5 Å². The topological polar surface area (TPSA) is 89.0 Å². The lowest BCUT2D eigenvalue weighted by Crippen LogP contribution is -2.29. The molecule has 4 aromatic rings. The minimum Gasteiger partial charge on any atom is -0.507 e. The summed E-state index contributed by atoms with van der Waals surface area (Å²) in [4.78, 5) is 33.4. The number of amides is 1. The molecule has 1 N–H and O–H groups in total. The van der Waals surface area contributed by atoms with E-state index in [-0.39, 0.29) is 17.4 Å². The van der Waals surface area contributed by atoms with E-state index in [1.165, 1.54) is 16.2 Å². The molecular formula is C32H29ClN2O5S. The number of carbonyl (C=O) groups is 2. The molecule has 3 heterocycles. The number of aromatic nitrogens is 1. The van der Waals surface area contributed by atoms with Gasteiger partial charge in [-0.05, 0) is 78.9 Å². The number of thiazole rings is 1. The lowest BCUT2D eigenvalue weighted by molar-refractivity contribution is -0.132. The van der Waals surface area contributed by atoms with Gasteiger partial charge in [0.2, 0.25) is 0 Å². The maximum atomic E-state index is 13.7. The number of ether oxygens (including phenoxy) is 2. The van der Waals surface area contributed by atoms with Gasteiger partial charge in [0.05, 0.1) is 28.4 Å². The quantitative estimate of drug-likeness (QED) is 0.138. The molecule has 0 spiro atoms. The molecule has 0 saturated carbocycles. The number of benzene rings is 3. The van der Waals surface area contributed by atoms with Gasteiger partial charge in [0.15, 0.2) is 5.13 Å². The van der Waals surface area contributed by atoms with Crippen molar-refractivity contribution in [2.24, 2.45) is 5.92 Å². The van der Waals surface area contributed by atoms with Gasteiger partial charge < -0.3 is 14.6 Å². The Kier molecular flexibility index (Phi) is 7.21. The molecule has 2 aliphatic rings. The normalized spacial score (nSPS) is 19.7. The van der Waals surface area contributed by atoms with Gasteiger partial charge in [-0.2, -0.15) is 0 Å². The van der Waals surface area contributed by atoms with Crippen LogP contribution in [0.1, 0.15) is 49.9 Å². The molecule has 0 radical (unpaired) electrons. The molecule has 2 aliphatic heterocycles. The van der Waals surface area contributed by atoms with Crippen LogP contribution >= 0.6 is 22.9 Å². The lowest BCUT2D eigenvalue weighted by Gasteiger charge is -2.23. The first-order valence-electron chi connectivity index (χ1n) is 13.6. The highest BCUT2D eigenvalue weighted by Crippen LogP contribution is 2.45. The number of hydrogen-bond acceptors (Lipinski definition) is 7. The van der Waals surface area contributed by atoms with Crippen molar-refractivity contribution in [3.8, 4) is 11.5 Å². The number of Topliss-reactive ketones (excluding diaryl/α,β-unsaturated/α-hetero) is 1. The largest absolute Gasteiger partial charge is 0.507 e. The van der Waals surface area contributed by atoms with Gasteiger partial charge in [-0.3, -0.25) is 14.5 Å². The fourth-order valence-corrected chi connectivity index (χ4v) is 6.51. The van der Waals surface area contributed by atoms with Crippen LogP contribution < -0.4 is 14.4 Å². The van der Waals surface area contributed by atoms with E-state index in [2.05, 4.69) is 18.8 Å².